The van der Waals surface area contributed by atoms with E-state index in [-0.39, 0.29) is 11.9 Å². The third-order valence-electron chi connectivity index (χ3n) is 4.76. The SMILES string of the molecule is CCc1c(C(=O)Nc2ccc(NC(=O)NC3CC3)cc2)cnn1-c1ccccc1. The standard InChI is InChI=1S/C22H23N5O2/c1-2-20-19(14-23-27(20)18-6-4-3-5-7-18)21(28)24-15-8-10-16(11-9-15)25-22(29)26-17-12-13-17/h3-11,14,17H,2,12-13H2,1H3,(H,24,28)(H2,25,26,29). The summed E-state index contributed by atoms with van der Waals surface area (Å²) in [5, 5.41) is 13.0. The maximum absolute atomic E-state index is 12.8. The molecule has 4 rings (SSSR count). The first-order valence-corrected chi connectivity index (χ1v) is 9.75. The molecule has 7 nitrogen and oxygen atoms in total. The average molecular weight is 389 g/mol. The number of amides is 3. The maximum atomic E-state index is 12.8. The van der Waals surface area contributed by atoms with E-state index in [2.05, 4.69) is 21.0 Å². The zero-order chi connectivity index (χ0) is 20.2. The third-order valence-corrected chi connectivity index (χ3v) is 4.76. The van der Waals surface area contributed by atoms with Crippen molar-refractivity contribution < 1.29 is 9.59 Å². The van der Waals surface area contributed by atoms with E-state index in [1.54, 1.807) is 35.1 Å². The normalized spacial score (nSPS) is 13.0. The van der Waals surface area contributed by atoms with Crippen molar-refractivity contribution in [1.29, 1.82) is 0 Å². The molecule has 3 amide bonds. The summed E-state index contributed by atoms with van der Waals surface area (Å²) in [5.41, 5.74) is 3.64. The van der Waals surface area contributed by atoms with Crippen LogP contribution in [-0.4, -0.2) is 27.8 Å². The van der Waals surface area contributed by atoms with Crippen LogP contribution in [0.25, 0.3) is 5.69 Å². The Labute approximate surface area is 169 Å². The lowest BCUT2D eigenvalue weighted by atomic mass is 10.1. The summed E-state index contributed by atoms with van der Waals surface area (Å²) in [4.78, 5) is 24.6. The molecule has 3 aromatic rings. The van der Waals surface area contributed by atoms with E-state index in [0.717, 1.165) is 24.2 Å². The molecule has 3 N–H and O–H groups in total. The third kappa shape index (κ3) is 4.45. The van der Waals surface area contributed by atoms with Crippen LogP contribution in [0.15, 0.2) is 60.8 Å². The van der Waals surface area contributed by atoms with Crippen molar-refractivity contribution in [2.75, 3.05) is 10.6 Å². The molecule has 1 aromatic heterocycles. The number of urea groups is 1. The second-order valence-corrected chi connectivity index (χ2v) is 7.01. The van der Waals surface area contributed by atoms with Crippen LogP contribution >= 0.6 is 0 Å². The minimum absolute atomic E-state index is 0.204. The second kappa shape index (κ2) is 8.18. The maximum Gasteiger partial charge on any atom is 0.319 e. The predicted octanol–water partition coefficient (Wildman–Crippen LogP) is 3.97. The minimum Gasteiger partial charge on any atom is -0.335 e. The largest absolute Gasteiger partial charge is 0.335 e. The summed E-state index contributed by atoms with van der Waals surface area (Å²) < 4.78 is 1.79. The fourth-order valence-corrected chi connectivity index (χ4v) is 3.11. The molecular formula is C22H23N5O2. The number of hydrogen-bond acceptors (Lipinski definition) is 3. The first kappa shape index (κ1) is 18.7. The first-order valence-electron chi connectivity index (χ1n) is 9.75. The molecule has 148 valence electrons. The van der Waals surface area contributed by atoms with Gasteiger partial charge in [0.1, 0.15) is 0 Å². The number of carbonyl (C=O) groups is 2. The van der Waals surface area contributed by atoms with Crippen LogP contribution in [0.3, 0.4) is 0 Å². The summed E-state index contributed by atoms with van der Waals surface area (Å²) in [6.45, 7) is 2.00. The predicted molar refractivity (Wildman–Crippen MR) is 113 cm³/mol. The number of anilines is 2. The molecule has 0 atom stereocenters. The molecular weight excluding hydrogens is 366 g/mol. The Kier molecular flexibility index (Phi) is 5.29. The number of aromatic nitrogens is 2. The lowest BCUT2D eigenvalue weighted by Gasteiger charge is -2.10. The molecule has 0 spiro atoms. The highest BCUT2D eigenvalue weighted by Crippen LogP contribution is 2.20. The number of nitrogens with one attached hydrogen (secondary N) is 3. The van der Waals surface area contributed by atoms with Gasteiger partial charge in [0, 0.05) is 17.4 Å². The van der Waals surface area contributed by atoms with Crippen LogP contribution < -0.4 is 16.0 Å². The fourth-order valence-electron chi connectivity index (χ4n) is 3.11. The zero-order valence-corrected chi connectivity index (χ0v) is 16.2. The van der Waals surface area contributed by atoms with Gasteiger partial charge in [0.25, 0.3) is 5.91 Å². The molecule has 1 aliphatic rings. The van der Waals surface area contributed by atoms with Crippen LogP contribution in [0, 0.1) is 0 Å². The van der Waals surface area contributed by atoms with E-state index in [1.165, 1.54) is 0 Å². The molecule has 1 heterocycles. The molecule has 1 saturated carbocycles. The molecule has 1 fully saturated rings. The number of nitrogens with zero attached hydrogens (tertiary/aromatic N) is 2. The van der Waals surface area contributed by atoms with E-state index in [9.17, 15) is 9.59 Å². The van der Waals surface area contributed by atoms with Crippen LogP contribution in [0.1, 0.15) is 35.8 Å². The van der Waals surface area contributed by atoms with Crippen molar-refractivity contribution in [1.82, 2.24) is 15.1 Å². The Balaban J connectivity index is 1.44. The Morgan fingerprint density at radius 2 is 1.66 bits per heavy atom. The Morgan fingerprint density at radius 3 is 2.28 bits per heavy atom. The van der Waals surface area contributed by atoms with Gasteiger partial charge < -0.3 is 16.0 Å². The van der Waals surface area contributed by atoms with Crippen molar-refractivity contribution >= 4 is 23.3 Å². The van der Waals surface area contributed by atoms with Crippen LogP contribution in [0.5, 0.6) is 0 Å². The summed E-state index contributed by atoms with van der Waals surface area (Å²) in [6.07, 6.45) is 4.36. The summed E-state index contributed by atoms with van der Waals surface area (Å²) in [6, 6.07) is 16.9. The lowest BCUT2D eigenvalue weighted by Crippen LogP contribution is -2.30. The Morgan fingerprint density at radius 1 is 1.00 bits per heavy atom. The average Bonchev–Trinajstić information content (AvgIpc) is 3.43. The van der Waals surface area contributed by atoms with Gasteiger partial charge >= 0.3 is 6.03 Å². The quantitative estimate of drug-likeness (QED) is 0.596. The van der Waals surface area contributed by atoms with Crippen molar-refractivity contribution in [2.45, 2.75) is 32.2 Å². The molecule has 0 bridgehead atoms. The molecule has 0 aliphatic heterocycles. The molecule has 0 radical (unpaired) electrons. The smallest absolute Gasteiger partial charge is 0.319 e. The van der Waals surface area contributed by atoms with Gasteiger partial charge in [-0.2, -0.15) is 5.10 Å². The lowest BCUT2D eigenvalue weighted by molar-refractivity contribution is 0.102. The van der Waals surface area contributed by atoms with E-state index in [4.69, 9.17) is 0 Å². The molecule has 1 aliphatic carbocycles. The van der Waals surface area contributed by atoms with E-state index in [1.807, 2.05) is 37.3 Å². The number of para-hydroxylation sites is 1. The van der Waals surface area contributed by atoms with Gasteiger partial charge in [-0.15, -0.1) is 0 Å². The van der Waals surface area contributed by atoms with Gasteiger partial charge in [-0.3, -0.25) is 4.79 Å². The summed E-state index contributed by atoms with van der Waals surface area (Å²) in [5.74, 6) is -0.212. The minimum atomic E-state index is -0.212. The fraction of sp³-hybridized carbons (Fsp3) is 0.227. The molecule has 7 heteroatoms. The summed E-state index contributed by atoms with van der Waals surface area (Å²) in [7, 11) is 0. The van der Waals surface area contributed by atoms with Gasteiger partial charge in [0.2, 0.25) is 0 Å². The van der Waals surface area contributed by atoms with Crippen molar-refractivity contribution in [2.24, 2.45) is 0 Å². The molecule has 0 saturated heterocycles. The topological polar surface area (TPSA) is 88.1 Å². The van der Waals surface area contributed by atoms with Crippen LogP contribution in [-0.2, 0) is 6.42 Å². The zero-order valence-electron chi connectivity index (χ0n) is 16.2. The van der Waals surface area contributed by atoms with Crippen LogP contribution in [0.2, 0.25) is 0 Å². The van der Waals surface area contributed by atoms with Gasteiger partial charge in [-0.25, -0.2) is 9.48 Å². The van der Waals surface area contributed by atoms with E-state index in [0.29, 0.717) is 29.4 Å². The molecule has 29 heavy (non-hydrogen) atoms. The Hall–Kier alpha value is -3.61. The highest BCUT2D eigenvalue weighted by Gasteiger charge is 2.23. The number of rotatable bonds is 6. The highest BCUT2D eigenvalue weighted by molar-refractivity contribution is 6.05. The number of benzene rings is 2. The number of carbonyl (C=O) groups excluding carboxylic acids is 2. The molecule has 2 aromatic carbocycles. The monoisotopic (exact) mass is 389 g/mol. The summed E-state index contributed by atoms with van der Waals surface area (Å²) >= 11 is 0. The van der Waals surface area contributed by atoms with Gasteiger partial charge in [0.05, 0.1) is 23.1 Å². The van der Waals surface area contributed by atoms with Crippen molar-refractivity contribution in [3.05, 3.63) is 72.1 Å². The molecule has 0 unspecified atom stereocenters. The number of hydrogen-bond donors (Lipinski definition) is 3. The van der Waals surface area contributed by atoms with E-state index >= 15 is 0 Å². The first-order chi connectivity index (χ1) is 14.1. The highest BCUT2D eigenvalue weighted by atomic mass is 16.2. The van der Waals surface area contributed by atoms with Crippen molar-refractivity contribution in [3.63, 3.8) is 0 Å². The van der Waals surface area contributed by atoms with E-state index < -0.39 is 0 Å². The second-order valence-electron chi connectivity index (χ2n) is 7.01. The van der Waals surface area contributed by atoms with Gasteiger partial charge in [-0.05, 0) is 55.7 Å². The van der Waals surface area contributed by atoms with Gasteiger partial charge in [-0.1, -0.05) is 25.1 Å². The van der Waals surface area contributed by atoms with Crippen molar-refractivity contribution in [3.8, 4) is 5.69 Å². The van der Waals surface area contributed by atoms with Crippen LogP contribution in [0.4, 0.5) is 16.2 Å². The Bertz CT molecular complexity index is 1010. The van der Waals surface area contributed by atoms with Gasteiger partial charge in [0.15, 0.2) is 0 Å².